The first-order valence-corrected chi connectivity index (χ1v) is 4.74. The fraction of sp³-hybridized carbons (Fsp3) is 0.182. The Morgan fingerprint density at radius 1 is 1.50 bits per heavy atom. The van der Waals surface area contributed by atoms with E-state index in [-0.39, 0.29) is 6.42 Å². The van der Waals surface area contributed by atoms with Gasteiger partial charge in [-0.05, 0) is 17.7 Å². The van der Waals surface area contributed by atoms with Gasteiger partial charge in [0.05, 0.1) is 0 Å². The second-order valence-corrected chi connectivity index (χ2v) is 3.54. The van der Waals surface area contributed by atoms with Crippen LogP contribution in [0.5, 0.6) is 0 Å². The van der Waals surface area contributed by atoms with Crippen molar-refractivity contribution in [2.75, 3.05) is 0 Å². The van der Waals surface area contributed by atoms with Gasteiger partial charge in [0.2, 0.25) is 5.78 Å². The van der Waals surface area contributed by atoms with Gasteiger partial charge in [-0.25, -0.2) is 9.78 Å². The normalized spacial score (nSPS) is 10.6. The molecule has 2 aromatic rings. The smallest absolute Gasteiger partial charge is 0.372 e. The number of carboxylic acid groups (broad SMARTS) is 1. The largest absolute Gasteiger partial charge is 0.475 e. The van der Waals surface area contributed by atoms with Gasteiger partial charge in [-0.15, -0.1) is 0 Å². The average Bonchev–Trinajstić information content (AvgIpc) is 2.57. The van der Waals surface area contributed by atoms with Gasteiger partial charge in [0.1, 0.15) is 5.65 Å². The van der Waals surface area contributed by atoms with E-state index in [1.54, 1.807) is 23.0 Å². The molecule has 0 bridgehead atoms. The molecule has 0 unspecified atom stereocenters. The summed E-state index contributed by atoms with van der Waals surface area (Å²) in [6, 6.07) is 3.59. The van der Waals surface area contributed by atoms with Crippen LogP contribution in [0.25, 0.3) is 11.0 Å². The first kappa shape index (κ1) is 10.4. The third-order valence-corrected chi connectivity index (χ3v) is 2.41. The van der Waals surface area contributed by atoms with Crippen LogP contribution in [0.4, 0.5) is 0 Å². The molecule has 5 nitrogen and oxygen atoms in total. The van der Waals surface area contributed by atoms with Gasteiger partial charge in [-0.1, -0.05) is 0 Å². The van der Waals surface area contributed by atoms with Crippen LogP contribution in [0.15, 0.2) is 24.5 Å². The number of hydrogen-bond acceptors (Lipinski definition) is 3. The quantitative estimate of drug-likeness (QED) is 0.772. The Morgan fingerprint density at radius 2 is 2.25 bits per heavy atom. The zero-order chi connectivity index (χ0) is 11.7. The van der Waals surface area contributed by atoms with E-state index >= 15 is 0 Å². The Hall–Kier alpha value is -2.17. The molecule has 2 aromatic heterocycles. The van der Waals surface area contributed by atoms with E-state index in [0.717, 1.165) is 11.0 Å². The topological polar surface area (TPSA) is 72.2 Å². The maximum absolute atomic E-state index is 11.1. The summed E-state index contributed by atoms with van der Waals surface area (Å²) < 4.78 is 1.78. The number of Topliss-reactive ketones (excluding diaryl/α,β-unsaturated/α-hetero) is 1. The molecule has 5 heteroatoms. The number of fused-ring (bicyclic) bond motifs is 1. The van der Waals surface area contributed by atoms with E-state index in [1.807, 2.05) is 13.1 Å². The highest BCUT2D eigenvalue weighted by atomic mass is 16.4. The van der Waals surface area contributed by atoms with Gasteiger partial charge in [0.15, 0.2) is 0 Å². The van der Waals surface area contributed by atoms with Crippen LogP contribution in [0.3, 0.4) is 0 Å². The molecule has 0 aliphatic carbocycles. The molecule has 0 atom stereocenters. The predicted molar refractivity (Wildman–Crippen MR) is 57.1 cm³/mol. The van der Waals surface area contributed by atoms with Crippen LogP contribution in [-0.4, -0.2) is 26.4 Å². The lowest BCUT2D eigenvalue weighted by Crippen LogP contribution is -2.14. The summed E-state index contributed by atoms with van der Waals surface area (Å²) in [7, 11) is 1.81. The average molecular weight is 218 g/mol. The number of nitrogens with zero attached hydrogens (tertiary/aromatic N) is 2. The maximum atomic E-state index is 11.1. The summed E-state index contributed by atoms with van der Waals surface area (Å²) in [6.45, 7) is 0. The van der Waals surface area contributed by atoms with E-state index in [9.17, 15) is 9.59 Å². The lowest BCUT2D eigenvalue weighted by atomic mass is 10.1. The predicted octanol–water partition coefficient (Wildman–Crippen LogP) is 0.770. The van der Waals surface area contributed by atoms with E-state index in [4.69, 9.17) is 5.11 Å². The molecule has 0 radical (unpaired) electrons. The summed E-state index contributed by atoms with van der Waals surface area (Å²) >= 11 is 0. The molecule has 0 aliphatic rings. The number of carboxylic acids is 1. The summed E-state index contributed by atoms with van der Waals surface area (Å²) in [5, 5.41) is 9.37. The van der Waals surface area contributed by atoms with Crippen LogP contribution >= 0.6 is 0 Å². The molecule has 0 amide bonds. The summed E-state index contributed by atoms with van der Waals surface area (Å²) in [5.74, 6) is -2.21. The number of pyridine rings is 1. The van der Waals surface area contributed by atoms with Crippen molar-refractivity contribution in [3.05, 3.63) is 30.1 Å². The molecule has 2 heterocycles. The first-order valence-electron chi connectivity index (χ1n) is 4.74. The van der Waals surface area contributed by atoms with Crippen molar-refractivity contribution in [3.8, 4) is 0 Å². The molecular formula is C11H10N2O3. The Kier molecular flexibility index (Phi) is 2.44. The molecule has 0 fully saturated rings. The second-order valence-electron chi connectivity index (χ2n) is 3.54. The Bertz CT molecular complexity index is 572. The fourth-order valence-electron chi connectivity index (χ4n) is 1.68. The molecule has 0 saturated carbocycles. The molecule has 0 spiro atoms. The third kappa shape index (κ3) is 1.67. The number of carbonyl (C=O) groups excluding carboxylic acids is 1. The zero-order valence-electron chi connectivity index (χ0n) is 8.67. The van der Waals surface area contributed by atoms with Gasteiger partial charge in [0.25, 0.3) is 0 Å². The number of carbonyl (C=O) groups is 2. The highest BCUT2D eigenvalue weighted by Crippen LogP contribution is 2.18. The highest BCUT2D eigenvalue weighted by molar-refractivity contribution is 6.33. The van der Waals surface area contributed by atoms with Gasteiger partial charge in [-0.3, -0.25) is 4.79 Å². The van der Waals surface area contributed by atoms with E-state index in [1.165, 1.54) is 0 Å². The molecule has 0 aromatic carbocycles. The van der Waals surface area contributed by atoms with Crippen LogP contribution in [0.2, 0.25) is 0 Å². The monoisotopic (exact) mass is 218 g/mol. The van der Waals surface area contributed by atoms with Crippen molar-refractivity contribution in [1.29, 1.82) is 0 Å². The number of aliphatic carboxylic acids is 1. The van der Waals surface area contributed by atoms with Crippen LogP contribution in [-0.2, 0) is 23.1 Å². The minimum Gasteiger partial charge on any atom is -0.475 e. The Balaban J connectivity index is 2.46. The molecule has 1 N–H and O–H groups in total. The number of aryl methyl sites for hydroxylation is 1. The number of hydrogen-bond donors (Lipinski definition) is 1. The van der Waals surface area contributed by atoms with Crippen LogP contribution in [0, 0.1) is 0 Å². The van der Waals surface area contributed by atoms with Crippen molar-refractivity contribution in [2.45, 2.75) is 6.42 Å². The third-order valence-electron chi connectivity index (χ3n) is 2.41. The summed E-state index contributed by atoms with van der Waals surface area (Å²) in [4.78, 5) is 25.8. The van der Waals surface area contributed by atoms with Gasteiger partial charge >= 0.3 is 5.97 Å². The van der Waals surface area contributed by atoms with Gasteiger partial charge < -0.3 is 9.67 Å². The molecule has 2 rings (SSSR count). The van der Waals surface area contributed by atoms with Crippen LogP contribution < -0.4 is 0 Å². The van der Waals surface area contributed by atoms with Crippen molar-refractivity contribution in [2.24, 2.45) is 7.05 Å². The van der Waals surface area contributed by atoms with E-state index in [0.29, 0.717) is 5.56 Å². The van der Waals surface area contributed by atoms with Crippen molar-refractivity contribution < 1.29 is 14.7 Å². The molecule has 82 valence electrons. The van der Waals surface area contributed by atoms with Gasteiger partial charge in [0, 0.05) is 31.2 Å². The van der Waals surface area contributed by atoms with E-state index in [2.05, 4.69) is 4.98 Å². The Morgan fingerprint density at radius 3 is 2.94 bits per heavy atom. The van der Waals surface area contributed by atoms with E-state index < -0.39 is 11.8 Å². The minimum atomic E-state index is -1.40. The minimum absolute atomic E-state index is 0.0988. The Labute approximate surface area is 91.3 Å². The first-order chi connectivity index (χ1) is 7.59. The highest BCUT2D eigenvalue weighted by Gasteiger charge is 2.15. The SMILES string of the molecule is Cn1cc(CC(=O)C(=O)O)c2cccnc21. The molecule has 16 heavy (non-hydrogen) atoms. The molecule has 0 aliphatic heterocycles. The van der Waals surface area contributed by atoms with Crippen molar-refractivity contribution in [1.82, 2.24) is 9.55 Å². The number of aromatic nitrogens is 2. The number of ketones is 1. The molecular weight excluding hydrogens is 208 g/mol. The number of rotatable bonds is 3. The maximum Gasteiger partial charge on any atom is 0.372 e. The van der Waals surface area contributed by atoms with Gasteiger partial charge in [-0.2, -0.15) is 0 Å². The second kappa shape index (κ2) is 3.77. The lowest BCUT2D eigenvalue weighted by Gasteiger charge is -1.94. The zero-order valence-corrected chi connectivity index (χ0v) is 8.67. The standard InChI is InChI=1S/C11H10N2O3/c1-13-6-7(5-9(14)11(15)16)8-3-2-4-12-10(8)13/h2-4,6H,5H2,1H3,(H,15,16). The fourth-order valence-corrected chi connectivity index (χ4v) is 1.68. The molecule has 0 saturated heterocycles. The van der Waals surface area contributed by atoms with Crippen LogP contribution in [0.1, 0.15) is 5.56 Å². The summed E-state index contributed by atoms with van der Waals surface area (Å²) in [6.07, 6.45) is 3.29. The lowest BCUT2D eigenvalue weighted by molar-refractivity contribution is -0.148. The summed E-state index contributed by atoms with van der Waals surface area (Å²) in [5.41, 5.74) is 1.44. The van der Waals surface area contributed by atoms with Crippen molar-refractivity contribution in [3.63, 3.8) is 0 Å². The van der Waals surface area contributed by atoms with Crippen molar-refractivity contribution >= 4 is 22.8 Å².